The second-order valence-corrected chi connectivity index (χ2v) is 6.12. The van der Waals surface area contributed by atoms with Gasteiger partial charge in [-0.2, -0.15) is 0 Å². The average Bonchev–Trinajstić information content (AvgIpc) is 2.78. The van der Waals surface area contributed by atoms with Gasteiger partial charge in [0.15, 0.2) is 0 Å². The molecule has 110 valence electrons. The normalized spacial score (nSPS) is 21.0. The molecule has 0 radical (unpaired) electrons. The summed E-state index contributed by atoms with van der Waals surface area (Å²) in [4.78, 5) is 3.53. The molecule has 0 spiro atoms. The number of aromatic nitrogens is 1. The molecule has 0 bridgehead atoms. The molecule has 1 aromatic heterocycles. The number of benzene rings is 1. The van der Waals surface area contributed by atoms with Gasteiger partial charge in [-0.3, -0.25) is 0 Å². The van der Waals surface area contributed by atoms with E-state index in [9.17, 15) is 8.42 Å². The number of nitrogens with one attached hydrogen (secondary N) is 2. The molecule has 6 heteroatoms. The lowest BCUT2D eigenvalue weighted by Crippen LogP contribution is -2.20. The molecule has 0 unspecified atom stereocenters. The average molecular weight is 304 g/mol. The number of H-pyrrole nitrogens is 1. The number of hydrogen-bond acceptors (Lipinski definition) is 3. The number of fused-ring (bicyclic) bond motifs is 1. The predicted molar refractivity (Wildman–Crippen MR) is 82.2 cm³/mol. The van der Waals surface area contributed by atoms with Crippen molar-refractivity contribution >= 4 is 20.9 Å². The fourth-order valence-corrected chi connectivity index (χ4v) is 2.48. The molecule has 0 atom stereocenters. The van der Waals surface area contributed by atoms with Crippen molar-refractivity contribution in [2.45, 2.75) is 12.1 Å². The van der Waals surface area contributed by atoms with Gasteiger partial charge in [0.05, 0.1) is 7.12 Å². The van der Waals surface area contributed by atoms with Crippen LogP contribution in [0.3, 0.4) is 0 Å². The number of sulfonamides is 1. The molecule has 1 heterocycles. The van der Waals surface area contributed by atoms with Crippen LogP contribution >= 0.6 is 0 Å². The highest BCUT2D eigenvalue weighted by Gasteiger charge is 2.11. The fourth-order valence-electron chi connectivity index (χ4n) is 1.79. The molecule has 20 heavy (non-hydrogen) atoms. The van der Waals surface area contributed by atoms with Crippen molar-refractivity contribution in [1.29, 1.82) is 0 Å². The van der Waals surface area contributed by atoms with Crippen molar-refractivity contribution in [1.82, 2.24) is 14.6 Å². The van der Waals surface area contributed by atoms with Crippen molar-refractivity contribution in [2.75, 3.05) is 27.5 Å². The Morgan fingerprint density at radius 3 is 3.15 bits per heavy atom. The molecule has 5 nitrogen and oxygen atoms in total. The first-order valence-electron chi connectivity index (χ1n) is 10.3. The molecular formula is C14H21N3O2S. The molecule has 0 fully saturated rings. The van der Waals surface area contributed by atoms with Crippen molar-refractivity contribution in [2.24, 2.45) is 0 Å². The molecule has 0 aliphatic carbocycles. The number of aromatic amines is 1. The van der Waals surface area contributed by atoms with E-state index in [1.165, 1.54) is 25.2 Å². The van der Waals surface area contributed by atoms with Gasteiger partial charge >= 0.3 is 0 Å². The lowest BCUT2D eigenvalue weighted by Gasteiger charge is -2.08. The Kier molecular flexibility index (Phi) is 2.10. The van der Waals surface area contributed by atoms with Gasteiger partial charge in [0.2, 0.25) is 10.0 Å². The van der Waals surface area contributed by atoms with E-state index in [0.717, 1.165) is 4.90 Å². The minimum atomic E-state index is -4.19. The molecule has 0 saturated carbocycles. The zero-order chi connectivity index (χ0) is 22.4. The Morgan fingerprint density at radius 1 is 1.55 bits per heavy atom. The van der Waals surface area contributed by atoms with E-state index in [4.69, 9.17) is 12.3 Å². The van der Waals surface area contributed by atoms with Crippen LogP contribution < -0.4 is 4.72 Å². The van der Waals surface area contributed by atoms with Gasteiger partial charge < -0.3 is 9.88 Å². The van der Waals surface area contributed by atoms with Crippen LogP contribution in [0.25, 0.3) is 10.9 Å². The highest BCUT2D eigenvalue weighted by atomic mass is 32.2. The van der Waals surface area contributed by atoms with Crippen LogP contribution in [0.1, 0.15) is 23.5 Å². The summed E-state index contributed by atoms with van der Waals surface area (Å²) in [5.74, 6) is -0.655. The van der Waals surface area contributed by atoms with Gasteiger partial charge in [0.25, 0.3) is 0 Å². The standard InChI is InChI=1S/C14H21N3O2S/c1-15-20(18,19)10-11-4-5-14-13(8-11)12(9-16-14)6-7-17(2)3/h4-5,8-9,15-16H,6-7,10H2,1-3H3/i1D3,2D3,6D2,9D. The topological polar surface area (TPSA) is 65.2 Å². The van der Waals surface area contributed by atoms with E-state index < -0.39 is 42.6 Å². The first-order chi connectivity index (χ1) is 12.9. The third-order valence-corrected chi connectivity index (χ3v) is 3.71. The van der Waals surface area contributed by atoms with Gasteiger partial charge in [-0.25, -0.2) is 13.1 Å². The molecule has 0 saturated heterocycles. The Morgan fingerprint density at radius 2 is 2.40 bits per heavy atom. The van der Waals surface area contributed by atoms with Gasteiger partial charge in [0, 0.05) is 34.6 Å². The van der Waals surface area contributed by atoms with Crippen molar-refractivity contribution in [3.8, 4) is 0 Å². The Labute approximate surface area is 132 Å². The van der Waals surface area contributed by atoms with Crippen LogP contribution in [-0.4, -0.2) is 45.8 Å². The summed E-state index contributed by atoms with van der Waals surface area (Å²) in [5, 5.41) is 0.223. The molecule has 2 rings (SSSR count). The van der Waals surface area contributed by atoms with Crippen LogP contribution in [0.4, 0.5) is 0 Å². The minimum Gasteiger partial charge on any atom is -0.361 e. The Hall–Kier alpha value is -1.37. The van der Waals surface area contributed by atoms with Crippen LogP contribution in [0, 0.1) is 0 Å². The van der Waals surface area contributed by atoms with Gasteiger partial charge in [-0.05, 0) is 50.6 Å². The zero-order valence-electron chi connectivity index (χ0n) is 19.8. The quantitative estimate of drug-likeness (QED) is 0.846. The van der Waals surface area contributed by atoms with Gasteiger partial charge in [-0.15, -0.1) is 0 Å². The summed E-state index contributed by atoms with van der Waals surface area (Å²) < 4.78 is 93.6. The van der Waals surface area contributed by atoms with E-state index in [1.807, 2.05) is 0 Å². The maximum Gasteiger partial charge on any atom is 0.215 e. The molecule has 0 amide bonds. The SMILES string of the molecule is [2H]c1[nH]c2ccc(CS(=O)(=O)NC([2H])([2H])[2H])cc2c1C([2H])([2H])CN(C)C([2H])([2H])[2H]. The van der Waals surface area contributed by atoms with Gasteiger partial charge in [-0.1, -0.05) is 6.07 Å². The summed E-state index contributed by atoms with van der Waals surface area (Å²) in [6, 6.07) is 4.23. The summed E-state index contributed by atoms with van der Waals surface area (Å²) in [5.41, 5.74) is 0.455. The zero-order valence-corrected chi connectivity index (χ0v) is 11.6. The molecule has 1 aromatic carbocycles. The van der Waals surface area contributed by atoms with Crippen LogP contribution in [0.5, 0.6) is 0 Å². The Bertz CT molecular complexity index is 996. The number of hydrogen-bond donors (Lipinski definition) is 2. The van der Waals surface area contributed by atoms with E-state index in [-0.39, 0.29) is 22.7 Å². The molecule has 0 aliphatic heterocycles. The maximum atomic E-state index is 12.0. The third-order valence-electron chi connectivity index (χ3n) is 2.68. The number of rotatable bonds is 6. The van der Waals surface area contributed by atoms with E-state index in [0.29, 0.717) is 5.52 Å². The third kappa shape index (κ3) is 3.59. The largest absolute Gasteiger partial charge is 0.361 e. The summed E-state index contributed by atoms with van der Waals surface area (Å²) in [7, 11) is -2.95. The Balaban J connectivity index is 2.45. The first-order valence-corrected chi connectivity index (χ1v) is 7.41. The lowest BCUT2D eigenvalue weighted by atomic mass is 10.1. The molecule has 2 aromatic rings. The fraction of sp³-hybridized carbons (Fsp3) is 0.429. The van der Waals surface area contributed by atoms with Gasteiger partial charge in [0.1, 0.15) is 0 Å². The van der Waals surface area contributed by atoms with Crippen molar-refractivity contribution < 1.29 is 20.8 Å². The number of nitrogens with zero attached hydrogens (tertiary/aromatic N) is 1. The van der Waals surface area contributed by atoms with Crippen LogP contribution in [0.15, 0.2) is 24.4 Å². The number of likely N-dealkylation sites (N-methyl/N-ethyl adjacent to an activating group) is 1. The minimum absolute atomic E-state index is 0.105. The lowest BCUT2D eigenvalue weighted by molar-refractivity contribution is 0.414. The highest BCUT2D eigenvalue weighted by Crippen LogP contribution is 2.21. The summed E-state index contributed by atoms with van der Waals surface area (Å²) in [6.45, 7) is -5.93. The van der Waals surface area contributed by atoms with Crippen molar-refractivity contribution in [3.63, 3.8) is 0 Å². The van der Waals surface area contributed by atoms with E-state index in [1.54, 1.807) is 4.72 Å². The van der Waals surface area contributed by atoms with Crippen LogP contribution in [-0.2, 0) is 22.1 Å². The first kappa shape index (κ1) is 7.06. The second kappa shape index (κ2) is 5.95. The highest BCUT2D eigenvalue weighted by molar-refractivity contribution is 7.88. The molecule has 0 aliphatic rings. The molecular weight excluding hydrogens is 274 g/mol. The molecule has 2 N–H and O–H groups in total. The van der Waals surface area contributed by atoms with E-state index >= 15 is 0 Å². The smallest absolute Gasteiger partial charge is 0.215 e. The maximum absolute atomic E-state index is 12.0. The second-order valence-electron chi connectivity index (χ2n) is 4.40. The van der Waals surface area contributed by atoms with Crippen LogP contribution in [0.2, 0.25) is 0 Å². The van der Waals surface area contributed by atoms with E-state index in [2.05, 4.69) is 4.98 Å². The summed E-state index contributed by atoms with van der Waals surface area (Å²) >= 11 is 0. The summed E-state index contributed by atoms with van der Waals surface area (Å²) in [6.07, 6.45) is -2.49. The monoisotopic (exact) mass is 304 g/mol. The predicted octanol–water partition coefficient (Wildman–Crippen LogP) is 1.32. The van der Waals surface area contributed by atoms with Crippen molar-refractivity contribution in [3.05, 3.63) is 35.5 Å².